The average Bonchev–Trinajstić information content (AvgIpc) is 2.16. The zero-order valence-corrected chi connectivity index (χ0v) is 8.27. The molecule has 4 heteroatoms. The standard InChI is InChI=1S/C11H13NO3/c13-11(14)8-2-1-3-9(6-8)12-7-10-4-5-15-10/h1-3,6,10,12H,4-5,7H2,(H,13,14). The second-order valence-electron chi connectivity index (χ2n) is 3.55. The van der Waals surface area contributed by atoms with Gasteiger partial charge in [-0.05, 0) is 24.6 Å². The van der Waals surface area contributed by atoms with Gasteiger partial charge in [-0.1, -0.05) is 6.07 Å². The largest absolute Gasteiger partial charge is 0.478 e. The van der Waals surface area contributed by atoms with Gasteiger partial charge in [0, 0.05) is 18.8 Å². The fraction of sp³-hybridized carbons (Fsp3) is 0.364. The lowest BCUT2D eigenvalue weighted by Crippen LogP contribution is -2.33. The molecule has 1 aromatic rings. The number of hydrogen-bond acceptors (Lipinski definition) is 3. The molecule has 1 aromatic carbocycles. The van der Waals surface area contributed by atoms with Crippen LogP contribution in [0.25, 0.3) is 0 Å². The summed E-state index contributed by atoms with van der Waals surface area (Å²) in [6.07, 6.45) is 1.35. The van der Waals surface area contributed by atoms with Gasteiger partial charge in [-0.25, -0.2) is 4.79 Å². The van der Waals surface area contributed by atoms with Crippen molar-refractivity contribution in [1.82, 2.24) is 0 Å². The first-order valence-corrected chi connectivity index (χ1v) is 4.94. The van der Waals surface area contributed by atoms with Crippen molar-refractivity contribution in [1.29, 1.82) is 0 Å². The molecule has 0 bridgehead atoms. The van der Waals surface area contributed by atoms with Crippen LogP contribution in [0.5, 0.6) is 0 Å². The van der Waals surface area contributed by atoms with Crippen LogP contribution in [0.1, 0.15) is 16.8 Å². The van der Waals surface area contributed by atoms with Crippen LogP contribution < -0.4 is 5.32 Å². The number of nitrogens with one attached hydrogen (secondary N) is 1. The molecule has 15 heavy (non-hydrogen) atoms. The predicted molar refractivity (Wildman–Crippen MR) is 56.2 cm³/mol. The molecule has 1 saturated heterocycles. The van der Waals surface area contributed by atoms with Gasteiger partial charge in [0.15, 0.2) is 0 Å². The zero-order valence-electron chi connectivity index (χ0n) is 8.27. The van der Waals surface area contributed by atoms with Crippen LogP contribution in [-0.2, 0) is 4.74 Å². The Morgan fingerprint density at radius 1 is 1.60 bits per heavy atom. The van der Waals surface area contributed by atoms with Gasteiger partial charge in [-0.15, -0.1) is 0 Å². The second kappa shape index (κ2) is 4.31. The summed E-state index contributed by atoms with van der Waals surface area (Å²) in [4.78, 5) is 10.7. The summed E-state index contributed by atoms with van der Waals surface area (Å²) in [7, 11) is 0. The van der Waals surface area contributed by atoms with Gasteiger partial charge in [-0.2, -0.15) is 0 Å². The molecule has 0 aromatic heterocycles. The Balaban J connectivity index is 1.94. The van der Waals surface area contributed by atoms with Crippen molar-refractivity contribution in [2.75, 3.05) is 18.5 Å². The van der Waals surface area contributed by atoms with Gasteiger partial charge in [0.25, 0.3) is 0 Å². The molecular formula is C11H13NO3. The summed E-state index contributed by atoms with van der Waals surface area (Å²) < 4.78 is 5.25. The molecule has 4 nitrogen and oxygen atoms in total. The Bertz CT molecular complexity index is 361. The van der Waals surface area contributed by atoms with Gasteiger partial charge in [0.1, 0.15) is 0 Å². The molecular weight excluding hydrogens is 194 g/mol. The fourth-order valence-electron chi connectivity index (χ4n) is 1.44. The van der Waals surface area contributed by atoms with Crippen LogP contribution in [0.2, 0.25) is 0 Å². The van der Waals surface area contributed by atoms with E-state index in [-0.39, 0.29) is 6.10 Å². The maximum Gasteiger partial charge on any atom is 0.335 e. The first kappa shape index (κ1) is 9.98. The molecule has 1 aliphatic heterocycles. The van der Waals surface area contributed by atoms with Crippen LogP contribution in [-0.4, -0.2) is 30.3 Å². The van der Waals surface area contributed by atoms with Crippen molar-refractivity contribution >= 4 is 11.7 Å². The fourth-order valence-corrected chi connectivity index (χ4v) is 1.44. The summed E-state index contributed by atoms with van der Waals surface area (Å²) in [6.45, 7) is 1.57. The minimum Gasteiger partial charge on any atom is -0.478 e. The van der Waals surface area contributed by atoms with Crippen LogP contribution >= 0.6 is 0 Å². The molecule has 0 spiro atoms. The van der Waals surface area contributed by atoms with E-state index in [1.54, 1.807) is 18.2 Å². The van der Waals surface area contributed by atoms with E-state index in [9.17, 15) is 4.79 Å². The second-order valence-corrected chi connectivity index (χ2v) is 3.55. The van der Waals surface area contributed by atoms with E-state index in [4.69, 9.17) is 9.84 Å². The summed E-state index contributed by atoms with van der Waals surface area (Å²) in [5.74, 6) is -0.904. The van der Waals surface area contributed by atoms with Gasteiger partial charge in [0.2, 0.25) is 0 Å². The summed E-state index contributed by atoms with van der Waals surface area (Å²) in [5.41, 5.74) is 1.12. The van der Waals surface area contributed by atoms with Crippen LogP contribution in [0.4, 0.5) is 5.69 Å². The SMILES string of the molecule is O=C(O)c1cccc(NCC2CCO2)c1. The summed E-state index contributed by atoms with van der Waals surface area (Å²) >= 11 is 0. The number of benzene rings is 1. The molecule has 1 fully saturated rings. The van der Waals surface area contributed by atoms with Crippen molar-refractivity contribution in [3.05, 3.63) is 29.8 Å². The van der Waals surface area contributed by atoms with E-state index in [2.05, 4.69) is 5.32 Å². The molecule has 2 rings (SSSR count). The number of aromatic carboxylic acids is 1. The number of ether oxygens (including phenoxy) is 1. The van der Waals surface area contributed by atoms with E-state index >= 15 is 0 Å². The molecule has 0 radical (unpaired) electrons. The van der Waals surface area contributed by atoms with Crippen molar-refractivity contribution in [3.8, 4) is 0 Å². The monoisotopic (exact) mass is 207 g/mol. The van der Waals surface area contributed by atoms with Gasteiger partial charge >= 0.3 is 5.97 Å². The number of carboxylic acid groups (broad SMARTS) is 1. The van der Waals surface area contributed by atoms with E-state index in [1.807, 2.05) is 6.07 Å². The Morgan fingerprint density at radius 3 is 3.00 bits per heavy atom. The topological polar surface area (TPSA) is 58.6 Å². The highest BCUT2D eigenvalue weighted by Crippen LogP contribution is 2.14. The molecule has 0 aliphatic carbocycles. The van der Waals surface area contributed by atoms with Gasteiger partial charge < -0.3 is 15.2 Å². The highest BCUT2D eigenvalue weighted by atomic mass is 16.5. The van der Waals surface area contributed by atoms with Crippen LogP contribution in [0.15, 0.2) is 24.3 Å². The quantitative estimate of drug-likeness (QED) is 0.787. The first-order chi connectivity index (χ1) is 7.25. The smallest absolute Gasteiger partial charge is 0.335 e. The number of carboxylic acids is 1. The van der Waals surface area contributed by atoms with E-state index < -0.39 is 5.97 Å². The highest BCUT2D eigenvalue weighted by molar-refractivity contribution is 5.88. The molecule has 80 valence electrons. The van der Waals surface area contributed by atoms with Crippen molar-refractivity contribution in [2.24, 2.45) is 0 Å². The molecule has 2 N–H and O–H groups in total. The molecule has 1 aliphatic rings. The maximum absolute atomic E-state index is 10.7. The van der Waals surface area contributed by atoms with E-state index in [0.29, 0.717) is 5.56 Å². The van der Waals surface area contributed by atoms with E-state index in [1.165, 1.54) is 0 Å². The number of rotatable bonds is 4. The lowest BCUT2D eigenvalue weighted by atomic mass is 10.1. The Labute approximate surface area is 87.9 Å². The minimum atomic E-state index is -0.904. The third kappa shape index (κ3) is 2.47. The van der Waals surface area contributed by atoms with Crippen LogP contribution in [0, 0.1) is 0 Å². The third-order valence-electron chi connectivity index (χ3n) is 2.44. The predicted octanol–water partition coefficient (Wildman–Crippen LogP) is 1.59. The molecule has 0 saturated carbocycles. The Morgan fingerprint density at radius 2 is 2.40 bits per heavy atom. The van der Waals surface area contributed by atoms with E-state index in [0.717, 1.165) is 25.3 Å². The number of carbonyl (C=O) groups is 1. The molecule has 1 atom stereocenters. The normalized spacial score (nSPS) is 19.3. The molecule has 1 heterocycles. The minimum absolute atomic E-state index is 0.276. The van der Waals surface area contributed by atoms with Gasteiger partial charge in [-0.3, -0.25) is 0 Å². The van der Waals surface area contributed by atoms with Crippen molar-refractivity contribution < 1.29 is 14.6 Å². The Hall–Kier alpha value is -1.55. The lowest BCUT2D eigenvalue weighted by molar-refractivity contribution is -0.0410. The van der Waals surface area contributed by atoms with Crippen molar-refractivity contribution in [3.63, 3.8) is 0 Å². The third-order valence-corrected chi connectivity index (χ3v) is 2.44. The molecule has 1 unspecified atom stereocenters. The molecule has 0 amide bonds. The highest BCUT2D eigenvalue weighted by Gasteiger charge is 2.17. The zero-order chi connectivity index (χ0) is 10.7. The average molecular weight is 207 g/mol. The summed E-state index contributed by atoms with van der Waals surface area (Å²) in [6, 6.07) is 6.78. The number of anilines is 1. The Kier molecular flexibility index (Phi) is 2.87. The first-order valence-electron chi connectivity index (χ1n) is 4.94. The van der Waals surface area contributed by atoms with Crippen LogP contribution in [0.3, 0.4) is 0 Å². The lowest BCUT2D eigenvalue weighted by Gasteiger charge is -2.26. The number of hydrogen-bond donors (Lipinski definition) is 2. The van der Waals surface area contributed by atoms with Crippen molar-refractivity contribution in [2.45, 2.75) is 12.5 Å². The van der Waals surface area contributed by atoms with Gasteiger partial charge in [0.05, 0.1) is 11.7 Å². The summed E-state index contributed by atoms with van der Waals surface area (Å²) in [5, 5.41) is 11.9. The maximum atomic E-state index is 10.7.